The fourth-order valence-corrected chi connectivity index (χ4v) is 1.31. The smallest absolute Gasteiger partial charge is 0.297 e. The molecule has 3 nitrogen and oxygen atoms in total. The Bertz CT molecular complexity index is 429. The zero-order chi connectivity index (χ0) is 11.6. The van der Waals surface area contributed by atoms with Gasteiger partial charge in [0.05, 0.1) is 22.3 Å². The number of benzene rings is 1. The highest BCUT2D eigenvalue weighted by atomic mass is 35.5. The summed E-state index contributed by atoms with van der Waals surface area (Å²) in [5.74, 6) is -3.50. The van der Waals surface area contributed by atoms with E-state index in [9.17, 15) is 8.78 Å². The van der Waals surface area contributed by atoms with Gasteiger partial charge < -0.3 is 10.8 Å². The lowest BCUT2D eigenvalue weighted by molar-refractivity contribution is -0.0555. The van der Waals surface area contributed by atoms with Gasteiger partial charge in [-0.25, -0.2) is 0 Å². The Hall–Kier alpha value is -1.38. The van der Waals surface area contributed by atoms with Crippen molar-refractivity contribution in [3.05, 3.63) is 28.3 Å². The topological polar surface area (TPSA) is 70.0 Å². The van der Waals surface area contributed by atoms with Crippen molar-refractivity contribution in [1.82, 2.24) is 0 Å². The molecule has 0 bridgehead atoms. The second-order valence-electron chi connectivity index (χ2n) is 2.90. The quantitative estimate of drug-likeness (QED) is 0.765. The Balaban J connectivity index is 3.42. The first-order valence-electron chi connectivity index (χ1n) is 3.90. The number of nitrogens with two attached hydrogens (primary N) is 1. The van der Waals surface area contributed by atoms with Gasteiger partial charge in [-0.3, -0.25) is 0 Å². The summed E-state index contributed by atoms with van der Waals surface area (Å²) in [5.41, 5.74) is 4.57. The molecule has 1 rings (SSSR count). The SMILES string of the molecule is N#Cc1cc(N)c(Cl)c(C(F)(F)CO)c1. The lowest BCUT2D eigenvalue weighted by atomic mass is 10.0. The van der Waals surface area contributed by atoms with Crippen LogP contribution in [0.4, 0.5) is 14.5 Å². The number of aliphatic hydroxyl groups is 1. The number of aliphatic hydroxyl groups excluding tert-OH is 1. The van der Waals surface area contributed by atoms with Crippen molar-refractivity contribution in [3.8, 4) is 6.07 Å². The minimum atomic E-state index is -3.50. The van der Waals surface area contributed by atoms with Gasteiger partial charge >= 0.3 is 0 Å². The van der Waals surface area contributed by atoms with Crippen LogP contribution < -0.4 is 5.73 Å². The third-order valence-electron chi connectivity index (χ3n) is 1.82. The predicted octanol–water partition coefficient (Wildman–Crippen LogP) is 1.88. The van der Waals surface area contributed by atoms with E-state index in [1.165, 1.54) is 6.07 Å². The standard InChI is InChI=1S/C9H7ClF2N2O/c10-8-6(9(11,12)4-15)1-5(3-13)2-7(8)14/h1-2,15H,4,14H2. The molecule has 15 heavy (non-hydrogen) atoms. The molecule has 3 N–H and O–H groups in total. The molecule has 0 radical (unpaired) electrons. The Labute approximate surface area is 89.7 Å². The molecule has 1 aromatic rings. The Morgan fingerprint density at radius 2 is 2.13 bits per heavy atom. The van der Waals surface area contributed by atoms with E-state index in [0.29, 0.717) is 0 Å². The number of nitrogens with zero attached hydrogens (tertiary/aromatic N) is 1. The van der Waals surface area contributed by atoms with Crippen molar-refractivity contribution in [1.29, 1.82) is 5.26 Å². The van der Waals surface area contributed by atoms with Gasteiger partial charge in [0.25, 0.3) is 5.92 Å². The van der Waals surface area contributed by atoms with E-state index in [0.717, 1.165) is 6.07 Å². The number of anilines is 1. The maximum absolute atomic E-state index is 13.1. The first-order valence-corrected chi connectivity index (χ1v) is 4.28. The van der Waals surface area contributed by atoms with Crippen LogP contribution in [0.15, 0.2) is 12.1 Å². The van der Waals surface area contributed by atoms with Crippen LogP contribution in [0.3, 0.4) is 0 Å². The first kappa shape index (κ1) is 11.7. The number of alkyl halides is 2. The summed E-state index contributed by atoms with van der Waals surface area (Å²) in [7, 11) is 0. The molecular formula is C9H7ClF2N2O. The minimum absolute atomic E-state index is 0.0278. The van der Waals surface area contributed by atoms with Gasteiger partial charge in [-0.2, -0.15) is 14.0 Å². The van der Waals surface area contributed by atoms with Crippen LogP contribution in [0.2, 0.25) is 5.02 Å². The molecule has 0 fully saturated rings. The first-order chi connectivity index (χ1) is 6.92. The molecular weight excluding hydrogens is 226 g/mol. The summed E-state index contributed by atoms with van der Waals surface area (Å²) in [6.07, 6.45) is 0. The van der Waals surface area contributed by atoms with E-state index in [4.69, 9.17) is 27.7 Å². The zero-order valence-corrected chi connectivity index (χ0v) is 8.22. The van der Waals surface area contributed by atoms with Gasteiger partial charge in [0.1, 0.15) is 6.61 Å². The third kappa shape index (κ3) is 2.17. The van der Waals surface area contributed by atoms with Crippen molar-refractivity contribution in [2.75, 3.05) is 12.3 Å². The number of halogens is 3. The van der Waals surface area contributed by atoms with Gasteiger partial charge in [-0.1, -0.05) is 11.6 Å². The fraction of sp³-hybridized carbons (Fsp3) is 0.222. The van der Waals surface area contributed by atoms with E-state index < -0.39 is 18.1 Å². The van der Waals surface area contributed by atoms with Crippen molar-refractivity contribution in [2.24, 2.45) is 0 Å². The van der Waals surface area contributed by atoms with E-state index >= 15 is 0 Å². The fourth-order valence-electron chi connectivity index (χ4n) is 1.06. The average molecular weight is 233 g/mol. The lowest BCUT2D eigenvalue weighted by Crippen LogP contribution is -2.19. The van der Waals surface area contributed by atoms with Gasteiger partial charge in [0, 0.05) is 5.56 Å². The molecule has 1 aromatic carbocycles. The molecule has 0 aliphatic heterocycles. The van der Waals surface area contributed by atoms with Crippen LogP contribution in [-0.4, -0.2) is 11.7 Å². The van der Waals surface area contributed by atoms with E-state index in [-0.39, 0.29) is 16.3 Å². The van der Waals surface area contributed by atoms with Gasteiger partial charge in [0.2, 0.25) is 0 Å². The number of nitrogen functional groups attached to an aromatic ring is 1. The normalized spacial score (nSPS) is 11.1. The second kappa shape index (κ2) is 4.01. The maximum Gasteiger partial charge on any atom is 0.297 e. The summed E-state index contributed by atoms with van der Waals surface area (Å²) >= 11 is 5.56. The van der Waals surface area contributed by atoms with Crippen LogP contribution in [0.25, 0.3) is 0 Å². The highest BCUT2D eigenvalue weighted by molar-refractivity contribution is 6.34. The molecule has 0 spiro atoms. The predicted molar refractivity (Wildman–Crippen MR) is 51.6 cm³/mol. The molecule has 0 amide bonds. The Kier molecular flexibility index (Phi) is 3.12. The summed E-state index contributed by atoms with van der Waals surface area (Å²) in [5, 5.41) is 16.7. The van der Waals surface area contributed by atoms with Gasteiger partial charge in [-0.15, -0.1) is 0 Å². The van der Waals surface area contributed by atoms with Crippen LogP contribution in [-0.2, 0) is 5.92 Å². The van der Waals surface area contributed by atoms with Crippen LogP contribution >= 0.6 is 11.6 Å². The van der Waals surface area contributed by atoms with Crippen LogP contribution in [0.5, 0.6) is 0 Å². The summed E-state index contributed by atoms with van der Waals surface area (Å²) in [6.45, 7) is -1.39. The number of hydrogen-bond donors (Lipinski definition) is 2. The average Bonchev–Trinajstić information content (AvgIpc) is 2.21. The van der Waals surface area contributed by atoms with E-state index in [2.05, 4.69) is 0 Å². The Morgan fingerprint density at radius 1 is 1.53 bits per heavy atom. The highest BCUT2D eigenvalue weighted by Crippen LogP contribution is 2.36. The second-order valence-corrected chi connectivity index (χ2v) is 3.28. The summed E-state index contributed by atoms with van der Waals surface area (Å²) < 4.78 is 26.3. The number of hydrogen-bond acceptors (Lipinski definition) is 3. The monoisotopic (exact) mass is 232 g/mol. The van der Waals surface area contributed by atoms with Crippen LogP contribution in [0.1, 0.15) is 11.1 Å². The largest absolute Gasteiger partial charge is 0.397 e. The zero-order valence-electron chi connectivity index (χ0n) is 7.47. The minimum Gasteiger partial charge on any atom is -0.397 e. The molecule has 0 unspecified atom stereocenters. The number of rotatable bonds is 2. The van der Waals surface area contributed by atoms with E-state index in [1.807, 2.05) is 0 Å². The highest BCUT2D eigenvalue weighted by Gasteiger charge is 2.34. The molecule has 6 heteroatoms. The lowest BCUT2D eigenvalue weighted by Gasteiger charge is -2.16. The molecule has 0 saturated carbocycles. The molecule has 0 aliphatic carbocycles. The van der Waals surface area contributed by atoms with E-state index in [1.54, 1.807) is 6.07 Å². The molecule has 0 aliphatic rings. The van der Waals surface area contributed by atoms with Crippen molar-refractivity contribution < 1.29 is 13.9 Å². The molecule has 0 aromatic heterocycles. The molecule has 0 heterocycles. The maximum atomic E-state index is 13.1. The van der Waals surface area contributed by atoms with Gasteiger partial charge in [-0.05, 0) is 12.1 Å². The summed E-state index contributed by atoms with van der Waals surface area (Å²) in [4.78, 5) is 0. The molecule has 0 saturated heterocycles. The molecule has 80 valence electrons. The third-order valence-corrected chi connectivity index (χ3v) is 2.24. The Morgan fingerprint density at radius 3 is 2.60 bits per heavy atom. The van der Waals surface area contributed by atoms with Crippen LogP contribution in [0, 0.1) is 11.3 Å². The number of nitriles is 1. The van der Waals surface area contributed by atoms with Crippen molar-refractivity contribution >= 4 is 17.3 Å². The summed E-state index contributed by atoms with van der Waals surface area (Å²) in [6, 6.07) is 3.78. The van der Waals surface area contributed by atoms with Crippen molar-refractivity contribution in [3.63, 3.8) is 0 Å². The van der Waals surface area contributed by atoms with Gasteiger partial charge in [0.15, 0.2) is 0 Å². The molecule has 0 atom stereocenters. The van der Waals surface area contributed by atoms with Crippen molar-refractivity contribution in [2.45, 2.75) is 5.92 Å².